The summed E-state index contributed by atoms with van der Waals surface area (Å²) in [5.41, 5.74) is 1.40. The maximum absolute atomic E-state index is 12.4. The van der Waals surface area contributed by atoms with Crippen molar-refractivity contribution in [2.45, 2.75) is 50.1 Å². The fraction of sp³-hybridized carbons (Fsp3) is 0.643. The average molecular weight is 317 g/mol. The van der Waals surface area contributed by atoms with E-state index in [0.717, 1.165) is 31.4 Å². The molecule has 4 rings (SSSR count). The summed E-state index contributed by atoms with van der Waals surface area (Å²) in [6.07, 6.45) is 6.54. The number of hydrogen-bond donors (Lipinski definition) is 2. The normalized spacial score (nSPS) is 23.9. The van der Waals surface area contributed by atoms with Crippen molar-refractivity contribution >= 4 is 11.9 Å². The standard InChI is InChI=1S/C14H19N7O2/c1-21-14(17-19-20-21)16-10-5-9(6-10)15-13(22)11-7-23-18-12(11)8-3-2-4-8/h7-10H,2-6H2,1H3,(H,15,22)(H,16,17,20). The van der Waals surface area contributed by atoms with Crippen molar-refractivity contribution in [2.75, 3.05) is 5.32 Å². The van der Waals surface area contributed by atoms with Crippen LogP contribution in [0.3, 0.4) is 0 Å². The molecule has 0 bridgehead atoms. The highest BCUT2D eigenvalue weighted by Gasteiger charge is 2.33. The van der Waals surface area contributed by atoms with Crippen molar-refractivity contribution < 1.29 is 9.32 Å². The number of amides is 1. The molecule has 2 fully saturated rings. The topological polar surface area (TPSA) is 111 Å². The summed E-state index contributed by atoms with van der Waals surface area (Å²) in [5, 5.41) is 21.6. The van der Waals surface area contributed by atoms with E-state index in [1.54, 1.807) is 11.7 Å². The Kier molecular flexibility index (Phi) is 3.47. The van der Waals surface area contributed by atoms with Gasteiger partial charge in [-0.1, -0.05) is 16.7 Å². The van der Waals surface area contributed by atoms with Crippen LogP contribution >= 0.6 is 0 Å². The summed E-state index contributed by atoms with van der Waals surface area (Å²) in [7, 11) is 1.79. The Morgan fingerprint density at radius 1 is 1.35 bits per heavy atom. The SMILES string of the molecule is Cn1nnnc1NC1CC(NC(=O)c2conc2C2CCC2)C1. The molecule has 0 radical (unpaired) electrons. The van der Waals surface area contributed by atoms with Crippen molar-refractivity contribution in [2.24, 2.45) is 7.05 Å². The van der Waals surface area contributed by atoms with Crippen LogP contribution in [0.1, 0.15) is 54.1 Å². The Balaban J connectivity index is 1.29. The van der Waals surface area contributed by atoms with Crippen LogP contribution in [0, 0.1) is 0 Å². The van der Waals surface area contributed by atoms with Crippen LogP contribution in [0.4, 0.5) is 5.95 Å². The van der Waals surface area contributed by atoms with E-state index in [4.69, 9.17) is 4.52 Å². The van der Waals surface area contributed by atoms with E-state index < -0.39 is 0 Å². The first-order valence-electron chi connectivity index (χ1n) is 7.94. The lowest BCUT2D eigenvalue weighted by molar-refractivity contribution is 0.0910. The van der Waals surface area contributed by atoms with Gasteiger partial charge in [-0.3, -0.25) is 4.79 Å². The monoisotopic (exact) mass is 317 g/mol. The summed E-state index contributed by atoms with van der Waals surface area (Å²) in [5.74, 6) is 0.941. The molecule has 2 aromatic rings. The Morgan fingerprint density at radius 2 is 2.17 bits per heavy atom. The Bertz CT molecular complexity index is 700. The molecule has 0 aliphatic heterocycles. The highest BCUT2D eigenvalue weighted by Crippen LogP contribution is 2.37. The number of carbonyl (C=O) groups is 1. The van der Waals surface area contributed by atoms with E-state index in [1.165, 1.54) is 12.7 Å². The van der Waals surface area contributed by atoms with Gasteiger partial charge in [0.1, 0.15) is 11.8 Å². The molecule has 9 heteroatoms. The highest BCUT2D eigenvalue weighted by molar-refractivity contribution is 5.95. The lowest BCUT2D eigenvalue weighted by atomic mass is 9.81. The molecule has 2 saturated carbocycles. The summed E-state index contributed by atoms with van der Waals surface area (Å²) in [6, 6.07) is 0.434. The second kappa shape index (κ2) is 5.64. The minimum atomic E-state index is -0.0862. The van der Waals surface area contributed by atoms with Gasteiger partial charge in [-0.25, -0.2) is 4.68 Å². The smallest absolute Gasteiger partial charge is 0.256 e. The van der Waals surface area contributed by atoms with Crippen LogP contribution in [0.2, 0.25) is 0 Å². The zero-order valence-corrected chi connectivity index (χ0v) is 12.9. The van der Waals surface area contributed by atoms with Gasteiger partial charge in [0.2, 0.25) is 5.95 Å². The van der Waals surface area contributed by atoms with Gasteiger partial charge in [-0.05, 0) is 36.1 Å². The molecule has 2 aliphatic rings. The Labute approximate surface area is 132 Å². The molecule has 9 nitrogen and oxygen atoms in total. The number of anilines is 1. The Morgan fingerprint density at radius 3 is 2.83 bits per heavy atom. The van der Waals surface area contributed by atoms with Crippen LogP contribution in [0.15, 0.2) is 10.8 Å². The van der Waals surface area contributed by atoms with Crippen LogP contribution in [0.25, 0.3) is 0 Å². The molecule has 0 spiro atoms. The minimum Gasteiger partial charge on any atom is -0.364 e. The maximum Gasteiger partial charge on any atom is 0.256 e. The molecule has 2 heterocycles. The quantitative estimate of drug-likeness (QED) is 0.840. The number of nitrogens with one attached hydrogen (secondary N) is 2. The van der Waals surface area contributed by atoms with E-state index in [2.05, 4.69) is 31.3 Å². The molecule has 0 unspecified atom stereocenters. The van der Waals surface area contributed by atoms with Crippen LogP contribution < -0.4 is 10.6 Å². The van der Waals surface area contributed by atoms with Crippen molar-refractivity contribution in [1.82, 2.24) is 30.7 Å². The molecule has 2 aromatic heterocycles. The molecule has 23 heavy (non-hydrogen) atoms. The molecular formula is C14H19N7O2. The van der Waals surface area contributed by atoms with E-state index in [-0.39, 0.29) is 18.0 Å². The van der Waals surface area contributed by atoms with Crippen molar-refractivity contribution in [3.63, 3.8) is 0 Å². The third-order valence-electron chi connectivity index (χ3n) is 4.76. The van der Waals surface area contributed by atoms with E-state index in [9.17, 15) is 4.79 Å². The van der Waals surface area contributed by atoms with Gasteiger partial charge in [0.05, 0.1) is 5.69 Å². The van der Waals surface area contributed by atoms with Gasteiger partial charge in [0, 0.05) is 25.0 Å². The summed E-state index contributed by atoms with van der Waals surface area (Å²) < 4.78 is 6.60. The van der Waals surface area contributed by atoms with Gasteiger partial charge < -0.3 is 15.2 Å². The predicted molar refractivity (Wildman–Crippen MR) is 79.8 cm³/mol. The molecule has 2 N–H and O–H groups in total. The molecule has 122 valence electrons. The first-order valence-corrected chi connectivity index (χ1v) is 7.94. The van der Waals surface area contributed by atoms with Gasteiger partial charge in [-0.15, -0.1) is 0 Å². The van der Waals surface area contributed by atoms with Crippen LogP contribution in [0.5, 0.6) is 0 Å². The van der Waals surface area contributed by atoms with E-state index >= 15 is 0 Å². The van der Waals surface area contributed by atoms with Crippen LogP contribution in [-0.2, 0) is 7.05 Å². The third-order valence-corrected chi connectivity index (χ3v) is 4.76. The third kappa shape index (κ3) is 2.66. The number of tetrazole rings is 1. The molecule has 0 atom stereocenters. The summed E-state index contributed by atoms with van der Waals surface area (Å²) in [4.78, 5) is 12.4. The number of hydrogen-bond acceptors (Lipinski definition) is 7. The second-order valence-electron chi connectivity index (χ2n) is 6.35. The van der Waals surface area contributed by atoms with Gasteiger partial charge in [0.25, 0.3) is 5.91 Å². The van der Waals surface area contributed by atoms with Crippen molar-refractivity contribution in [3.05, 3.63) is 17.5 Å². The predicted octanol–water partition coefficient (Wildman–Crippen LogP) is 0.838. The highest BCUT2D eigenvalue weighted by atomic mass is 16.5. The fourth-order valence-corrected chi connectivity index (χ4v) is 3.04. The minimum absolute atomic E-state index is 0.0862. The van der Waals surface area contributed by atoms with Crippen molar-refractivity contribution in [1.29, 1.82) is 0 Å². The zero-order chi connectivity index (χ0) is 15.8. The molecule has 0 aromatic carbocycles. The fourth-order valence-electron chi connectivity index (χ4n) is 3.04. The number of aryl methyl sites for hydroxylation is 1. The van der Waals surface area contributed by atoms with Gasteiger partial charge in [-0.2, -0.15) is 0 Å². The second-order valence-corrected chi connectivity index (χ2v) is 6.35. The molecule has 1 amide bonds. The molecular weight excluding hydrogens is 298 g/mol. The lowest BCUT2D eigenvalue weighted by Crippen LogP contribution is -2.50. The van der Waals surface area contributed by atoms with Gasteiger partial charge in [0.15, 0.2) is 0 Å². The van der Waals surface area contributed by atoms with E-state index in [0.29, 0.717) is 17.4 Å². The largest absolute Gasteiger partial charge is 0.364 e. The summed E-state index contributed by atoms with van der Waals surface area (Å²) >= 11 is 0. The van der Waals surface area contributed by atoms with Crippen molar-refractivity contribution in [3.8, 4) is 0 Å². The number of aromatic nitrogens is 5. The first kappa shape index (κ1) is 14.2. The lowest BCUT2D eigenvalue weighted by Gasteiger charge is -2.36. The van der Waals surface area contributed by atoms with Crippen LogP contribution in [-0.4, -0.2) is 43.4 Å². The number of carbonyl (C=O) groups excluding carboxylic acids is 1. The average Bonchev–Trinajstić information content (AvgIpc) is 3.04. The maximum atomic E-state index is 12.4. The van der Waals surface area contributed by atoms with E-state index in [1.807, 2.05) is 0 Å². The zero-order valence-electron chi connectivity index (χ0n) is 12.9. The number of rotatable bonds is 5. The summed E-state index contributed by atoms with van der Waals surface area (Å²) in [6.45, 7) is 0. The first-order chi connectivity index (χ1) is 11.2. The molecule has 0 saturated heterocycles. The Hall–Kier alpha value is -2.45. The van der Waals surface area contributed by atoms with Gasteiger partial charge >= 0.3 is 0 Å². The molecule has 2 aliphatic carbocycles. The number of nitrogens with zero attached hydrogens (tertiary/aromatic N) is 5.